The Balaban J connectivity index is 1.93. The van der Waals surface area contributed by atoms with Gasteiger partial charge >= 0.3 is 0 Å². The normalized spacial score (nSPS) is 19.2. The molecule has 1 aliphatic heterocycles. The number of rotatable bonds is 2. The summed E-state index contributed by atoms with van der Waals surface area (Å²) >= 11 is 7.58. The molecule has 1 N–H and O–H groups in total. The lowest BCUT2D eigenvalue weighted by molar-refractivity contribution is -0.119. The van der Waals surface area contributed by atoms with Crippen molar-refractivity contribution >= 4 is 39.6 Å². The Morgan fingerprint density at radius 2 is 1.65 bits per heavy atom. The molecule has 1 aliphatic rings. The average molecular weight is 386 g/mol. The number of anilines is 1. The van der Waals surface area contributed by atoms with Gasteiger partial charge in [-0.3, -0.25) is 9.59 Å². The number of carbonyl (C=O) groups excluding carboxylic acids is 2. The Bertz CT molecular complexity index is 1030. The smallest absolute Gasteiger partial charge is 0.243 e. The molecule has 130 valence electrons. The Hall–Kier alpha value is -2.50. The molecule has 0 radical (unpaired) electrons. The van der Waals surface area contributed by atoms with Crippen LogP contribution in [-0.4, -0.2) is 11.7 Å². The van der Waals surface area contributed by atoms with Crippen molar-refractivity contribution in [2.24, 2.45) is 0 Å². The first kappa shape index (κ1) is 16.9. The van der Waals surface area contributed by atoms with E-state index in [9.17, 15) is 14.0 Å². The maximum Gasteiger partial charge on any atom is 0.243 e. The Kier molecular flexibility index (Phi) is 3.93. The topological polar surface area (TPSA) is 46.2 Å². The Labute approximate surface area is 158 Å². The van der Waals surface area contributed by atoms with Gasteiger partial charge in [-0.25, -0.2) is 4.39 Å². The standard InChI is InChI=1S/C20H13ClFNO2S/c1-20(12-7-9-13(22)10-8-12)16(24)15-14(11-5-3-2-4-6-11)17(21)26-18(15)23-19(20)25/h2-10H,1H3,(H,23,25). The summed E-state index contributed by atoms with van der Waals surface area (Å²) in [5, 5.41) is 3.25. The summed E-state index contributed by atoms with van der Waals surface area (Å²) in [6, 6.07) is 14.8. The van der Waals surface area contributed by atoms with Crippen molar-refractivity contribution in [3.05, 3.63) is 75.9 Å². The van der Waals surface area contributed by atoms with E-state index in [1.165, 1.54) is 35.6 Å². The van der Waals surface area contributed by atoms with Crippen LogP contribution in [-0.2, 0) is 10.2 Å². The molecular formula is C20H13ClFNO2S. The van der Waals surface area contributed by atoms with Crippen molar-refractivity contribution in [1.29, 1.82) is 0 Å². The molecule has 0 spiro atoms. The maximum absolute atomic E-state index is 13.4. The van der Waals surface area contributed by atoms with Gasteiger partial charge in [-0.05, 0) is 30.2 Å². The van der Waals surface area contributed by atoms with Crippen LogP contribution in [0.4, 0.5) is 9.39 Å². The second kappa shape index (κ2) is 6.04. The first-order valence-electron chi connectivity index (χ1n) is 7.93. The van der Waals surface area contributed by atoms with Crippen molar-refractivity contribution in [2.75, 3.05) is 5.32 Å². The predicted molar refractivity (Wildman–Crippen MR) is 101 cm³/mol. The van der Waals surface area contributed by atoms with Gasteiger partial charge < -0.3 is 5.32 Å². The number of amides is 1. The summed E-state index contributed by atoms with van der Waals surface area (Å²) in [5.41, 5.74) is 0.812. The molecule has 0 bridgehead atoms. The third-order valence-corrected chi connectivity index (χ3v) is 6.03. The fourth-order valence-electron chi connectivity index (χ4n) is 3.20. The van der Waals surface area contributed by atoms with E-state index < -0.39 is 17.1 Å². The summed E-state index contributed by atoms with van der Waals surface area (Å²) < 4.78 is 13.7. The van der Waals surface area contributed by atoms with Crippen LogP contribution in [0.3, 0.4) is 0 Å². The van der Waals surface area contributed by atoms with Gasteiger partial charge in [0.15, 0.2) is 5.78 Å². The van der Waals surface area contributed by atoms with Crippen LogP contribution in [0.25, 0.3) is 11.1 Å². The van der Waals surface area contributed by atoms with Crippen molar-refractivity contribution in [2.45, 2.75) is 12.3 Å². The minimum Gasteiger partial charge on any atom is -0.316 e. The molecule has 1 atom stereocenters. The fourth-order valence-corrected chi connectivity index (χ4v) is 4.57. The number of carbonyl (C=O) groups is 2. The van der Waals surface area contributed by atoms with Gasteiger partial charge in [-0.15, -0.1) is 11.3 Å². The zero-order valence-corrected chi connectivity index (χ0v) is 15.2. The van der Waals surface area contributed by atoms with Gasteiger partial charge in [0.1, 0.15) is 20.6 Å². The van der Waals surface area contributed by atoms with E-state index in [1.54, 1.807) is 6.92 Å². The van der Waals surface area contributed by atoms with Crippen LogP contribution in [0.5, 0.6) is 0 Å². The van der Waals surface area contributed by atoms with Gasteiger partial charge in [-0.2, -0.15) is 0 Å². The van der Waals surface area contributed by atoms with Gasteiger partial charge in [0.2, 0.25) is 5.91 Å². The first-order chi connectivity index (χ1) is 12.4. The lowest BCUT2D eigenvalue weighted by atomic mass is 9.73. The molecule has 3 nitrogen and oxygen atoms in total. The molecular weight excluding hydrogens is 373 g/mol. The van der Waals surface area contributed by atoms with Crippen LogP contribution < -0.4 is 5.32 Å². The summed E-state index contributed by atoms with van der Waals surface area (Å²) in [6.07, 6.45) is 0. The highest BCUT2D eigenvalue weighted by Gasteiger charge is 2.49. The van der Waals surface area contributed by atoms with Gasteiger partial charge in [-0.1, -0.05) is 54.1 Å². The summed E-state index contributed by atoms with van der Waals surface area (Å²) in [5.74, 6) is -1.21. The van der Waals surface area contributed by atoms with Crippen LogP contribution in [0.2, 0.25) is 4.34 Å². The predicted octanol–water partition coefficient (Wildman–Crippen LogP) is 5.30. The molecule has 3 aromatic rings. The maximum atomic E-state index is 13.4. The number of hydrogen-bond acceptors (Lipinski definition) is 3. The van der Waals surface area contributed by atoms with Gasteiger partial charge in [0.25, 0.3) is 0 Å². The third kappa shape index (κ3) is 2.39. The molecule has 1 amide bonds. The number of nitrogens with one attached hydrogen (secondary N) is 1. The van der Waals surface area contributed by atoms with E-state index in [4.69, 9.17) is 11.6 Å². The number of halogens is 2. The highest BCUT2D eigenvalue weighted by molar-refractivity contribution is 7.21. The molecule has 0 fully saturated rings. The quantitative estimate of drug-likeness (QED) is 0.608. The largest absolute Gasteiger partial charge is 0.316 e. The lowest BCUT2D eigenvalue weighted by Crippen LogP contribution is -2.48. The summed E-state index contributed by atoms with van der Waals surface area (Å²) in [6.45, 7) is 1.56. The van der Waals surface area contributed by atoms with E-state index in [1.807, 2.05) is 30.3 Å². The Morgan fingerprint density at radius 1 is 1.00 bits per heavy atom. The molecule has 1 aromatic heterocycles. The van der Waals surface area contributed by atoms with Crippen molar-refractivity contribution in [3.63, 3.8) is 0 Å². The monoisotopic (exact) mass is 385 g/mol. The van der Waals surface area contributed by atoms with Gasteiger partial charge in [0.05, 0.1) is 5.56 Å². The lowest BCUT2D eigenvalue weighted by Gasteiger charge is -2.31. The molecule has 26 heavy (non-hydrogen) atoms. The number of Topliss-reactive ketones (excluding diaryl/α,β-unsaturated/α-hetero) is 1. The van der Waals surface area contributed by atoms with Crippen LogP contribution in [0.15, 0.2) is 54.6 Å². The number of fused-ring (bicyclic) bond motifs is 1. The second-order valence-corrected chi connectivity index (χ2v) is 7.86. The number of benzene rings is 2. The van der Waals surface area contributed by atoms with E-state index in [0.717, 1.165) is 5.56 Å². The van der Waals surface area contributed by atoms with Crippen molar-refractivity contribution in [3.8, 4) is 11.1 Å². The molecule has 4 rings (SSSR count). The van der Waals surface area contributed by atoms with E-state index in [2.05, 4.69) is 5.32 Å². The molecule has 6 heteroatoms. The third-order valence-electron chi connectivity index (χ3n) is 4.71. The summed E-state index contributed by atoms with van der Waals surface area (Å²) in [7, 11) is 0. The van der Waals surface area contributed by atoms with Gasteiger partial charge in [0, 0.05) is 5.56 Å². The molecule has 0 aliphatic carbocycles. The Morgan fingerprint density at radius 3 is 2.31 bits per heavy atom. The van der Waals surface area contributed by atoms with Crippen molar-refractivity contribution < 1.29 is 14.0 Å². The minimum absolute atomic E-state index is 0.343. The zero-order valence-electron chi connectivity index (χ0n) is 13.7. The molecule has 2 heterocycles. The first-order valence-corrected chi connectivity index (χ1v) is 9.12. The SMILES string of the molecule is CC1(c2ccc(F)cc2)C(=O)Nc2sc(Cl)c(-c3ccccc3)c2C1=O. The zero-order chi connectivity index (χ0) is 18.5. The molecule has 2 aromatic carbocycles. The highest BCUT2D eigenvalue weighted by Crippen LogP contribution is 2.49. The van der Waals surface area contributed by atoms with Crippen LogP contribution in [0, 0.1) is 5.82 Å². The molecule has 0 saturated carbocycles. The van der Waals surface area contributed by atoms with Crippen molar-refractivity contribution in [1.82, 2.24) is 0 Å². The number of ketones is 1. The van der Waals surface area contributed by atoms with E-state index >= 15 is 0 Å². The molecule has 0 saturated heterocycles. The van der Waals surface area contributed by atoms with E-state index in [0.29, 0.717) is 26.0 Å². The molecule has 1 unspecified atom stereocenters. The van der Waals surface area contributed by atoms with E-state index in [-0.39, 0.29) is 5.78 Å². The minimum atomic E-state index is -1.45. The summed E-state index contributed by atoms with van der Waals surface area (Å²) in [4.78, 5) is 26.2. The second-order valence-electron chi connectivity index (χ2n) is 6.24. The number of thiophene rings is 1. The fraction of sp³-hybridized carbons (Fsp3) is 0.100. The average Bonchev–Trinajstić information content (AvgIpc) is 2.97. The highest BCUT2D eigenvalue weighted by atomic mass is 35.5. The van der Waals surface area contributed by atoms with Crippen LogP contribution >= 0.6 is 22.9 Å². The van der Waals surface area contributed by atoms with Crippen LogP contribution in [0.1, 0.15) is 22.8 Å². The number of hydrogen-bond donors (Lipinski definition) is 1.